The lowest BCUT2D eigenvalue weighted by Gasteiger charge is -2.08. The number of benzene rings is 1. The van der Waals surface area contributed by atoms with Crippen LogP contribution in [0.25, 0.3) is 0 Å². The monoisotopic (exact) mass is 268 g/mol. The Labute approximate surface area is 98.4 Å². The van der Waals surface area contributed by atoms with Crippen molar-refractivity contribution in [3.63, 3.8) is 0 Å². The van der Waals surface area contributed by atoms with Crippen molar-refractivity contribution in [2.45, 2.75) is 0 Å². The summed E-state index contributed by atoms with van der Waals surface area (Å²) in [5, 5.41) is 8.46. The number of sulfonamides is 1. The predicted molar refractivity (Wildman–Crippen MR) is 62.9 cm³/mol. The Morgan fingerprint density at radius 1 is 1.33 bits per heavy atom. The molecule has 0 aliphatic rings. The number of nitrogens with one attached hydrogen (secondary N) is 1. The van der Waals surface area contributed by atoms with E-state index < -0.39 is 10.0 Å². The molecular formula is C8H10Cl2N2O2S. The molecule has 84 valence electrons. The average Bonchev–Trinajstić information content (AvgIpc) is 2.10. The van der Waals surface area contributed by atoms with E-state index >= 15 is 0 Å². The third-order valence-electron chi connectivity index (χ3n) is 1.65. The second kappa shape index (κ2) is 5.03. The van der Waals surface area contributed by atoms with Crippen molar-refractivity contribution >= 4 is 38.9 Å². The lowest BCUT2D eigenvalue weighted by molar-refractivity contribution is 0.598. The van der Waals surface area contributed by atoms with E-state index in [1.807, 2.05) is 0 Å². The highest BCUT2D eigenvalue weighted by Gasteiger charge is 2.05. The second-order valence-electron chi connectivity index (χ2n) is 2.90. The van der Waals surface area contributed by atoms with Gasteiger partial charge in [0.15, 0.2) is 0 Å². The molecule has 0 aliphatic heterocycles. The summed E-state index contributed by atoms with van der Waals surface area (Å²) >= 11 is 11.6. The van der Waals surface area contributed by atoms with Gasteiger partial charge in [0.2, 0.25) is 10.0 Å². The number of anilines is 1. The van der Waals surface area contributed by atoms with Crippen molar-refractivity contribution < 1.29 is 8.42 Å². The molecule has 7 heteroatoms. The van der Waals surface area contributed by atoms with Crippen LogP contribution in [0.2, 0.25) is 10.0 Å². The van der Waals surface area contributed by atoms with Crippen LogP contribution in [0.5, 0.6) is 0 Å². The Morgan fingerprint density at radius 2 is 2.00 bits per heavy atom. The molecule has 0 aliphatic carbocycles. The first-order valence-corrected chi connectivity index (χ1v) is 6.55. The Bertz CT molecular complexity index is 448. The molecule has 0 heterocycles. The van der Waals surface area contributed by atoms with Crippen LogP contribution >= 0.6 is 23.2 Å². The first-order valence-electron chi connectivity index (χ1n) is 4.08. The standard InChI is InChI=1S/C8H10Cl2N2O2S/c9-6-2-1-3-7(8(6)10)12-4-5-15(11,13)14/h1-3,12H,4-5H2,(H2,11,13,14). The molecule has 1 aromatic carbocycles. The molecule has 0 aromatic heterocycles. The van der Waals surface area contributed by atoms with Gasteiger partial charge in [0.05, 0.1) is 21.5 Å². The van der Waals surface area contributed by atoms with Gasteiger partial charge in [-0.15, -0.1) is 0 Å². The molecule has 15 heavy (non-hydrogen) atoms. The van der Waals surface area contributed by atoms with Gasteiger partial charge >= 0.3 is 0 Å². The molecule has 0 unspecified atom stereocenters. The molecule has 1 aromatic rings. The fraction of sp³-hybridized carbons (Fsp3) is 0.250. The summed E-state index contributed by atoms with van der Waals surface area (Å²) < 4.78 is 21.3. The first-order chi connectivity index (χ1) is 6.90. The maximum Gasteiger partial charge on any atom is 0.210 e. The summed E-state index contributed by atoms with van der Waals surface area (Å²) in [5.41, 5.74) is 0.591. The zero-order chi connectivity index (χ0) is 11.5. The van der Waals surface area contributed by atoms with Gasteiger partial charge in [0, 0.05) is 6.54 Å². The second-order valence-corrected chi connectivity index (χ2v) is 5.41. The predicted octanol–water partition coefficient (Wildman–Crippen LogP) is 1.69. The molecule has 0 spiro atoms. The van der Waals surface area contributed by atoms with E-state index in [0.717, 1.165) is 0 Å². The fourth-order valence-corrected chi connectivity index (χ4v) is 1.72. The van der Waals surface area contributed by atoms with Crippen LogP contribution < -0.4 is 10.5 Å². The van der Waals surface area contributed by atoms with Gasteiger partial charge in [-0.1, -0.05) is 29.3 Å². The number of primary sulfonamides is 1. The molecule has 3 N–H and O–H groups in total. The van der Waals surface area contributed by atoms with Gasteiger partial charge in [-0.2, -0.15) is 0 Å². The molecule has 0 saturated carbocycles. The van der Waals surface area contributed by atoms with E-state index in [0.29, 0.717) is 15.7 Å². The number of halogens is 2. The Hall–Kier alpha value is -0.490. The summed E-state index contributed by atoms with van der Waals surface area (Å²) in [5.74, 6) is -0.157. The summed E-state index contributed by atoms with van der Waals surface area (Å²) in [6, 6.07) is 5.07. The Kier molecular flexibility index (Phi) is 4.21. The van der Waals surface area contributed by atoms with E-state index in [9.17, 15) is 8.42 Å². The van der Waals surface area contributed by atoms with E-state index in [4.69, 9.17) is 28.3 Å². The molecule has 1 rings (SSSR count). The number of hydrogen-bond acceptors (Lipinski definition) is 3. The summed E-state index contributed by atoms with van der Waals surface area (Å²) in [4.78, 5) is 0. The topological polar surface area (TPSA) is 72.2 Å². The SMILES string of the molecule is NS(=O)(=O)CCNc1cccc(Cl)c1Cl. The third kappa shape index (κ3) is 4.25. The van der Waals surface area contributed by atoms with Crippen LogP contribution in [0.1, 0.15) is 0 Å². The number of nitrogens with two attached hydrogens (primary N) is 1. The quantitative estimate of drug-likeness (QED) is 0.873. The molecule has 0 atom stereocenters. The van der Waals surface area contributed by atoms with Crippen LogP contribution in [0.3, 0.4) is 0 Å². The summed E-state index contributed by atoms with van der Waals surface area (Å²) in [6.07, 6.45) is 0. The highest BCUT2D eigenvalue weighted by Crippen LogP contribution is 2.29. The fourth-order valence-electron chi connectivity index (χ4n) is 0.968. The maximum absolute atomic E-state index is 10.7. The number of rotatable bonds is 4. The lowest BCUT2D eigenvalue weighted by Crippen LogP contribution is -2.22. The van der Waals surface area contributed by atoms with Gasteiger partial charge in [0.1, 0.15) is 0 Å². The molecule has 0 saturated heterocycles. The van der Waals surface area contributed by atoms with E-state index in [-0.39, 0.29) is 12.3 Å². The van der Waals surface area contributed by atoms with Gasteiger partial charge in [0.25, 0.3) is 0 Å². The van der Waals surface area contributed by atoms with Gasteiger partial charge in [-0.3, -0.25) is 0 Å². The largest absolute Gasteiger partial charge is 0.383 e. The molecule has 0 amide bonds. The third-order valence-corrected chi connectivity index (χ3v) is 3.25. The van der Waals surface area contributed by atoms with E-state index in [1.54, 1.807) is 18.2 Å². The van der Waals surface area contributed by atoms with Crippen molar-refractivity contribution in [1.82, 2.24) is 0 Å². The van der Waals surface area contributed by atoms with E-state index in [2.05, 4.69) is 5.32 Å². The van der Waals surface area contributed by atoms with Gasteiger partial charge in [-0.05, 0) is 12.1 Å². The van der Waals surface area contributed by atoms with Gasteiger partial charge < -0.3 is 5.32 Å². The van der Waals surface area contributed by atoms with Crippen molar-refractivity contribution in [2.24, 2.45) is 5.14 Å². The zero-order valence-corrected chi connectivity index (χ0v) is 10.0. The zero-order valence-electron chi connectivity index (χ0n) is 7.70. The molecule has 4 nitrogen and oxygen atoms in total. The minimum Gasteiger partial charge on any atom is -0.383 e. The van der Waals surface area contributed by atoms with E-state index in [1.165, 1.54) is 0 Å². The molecule has 0 radical (unpaired) electrons. The summed E-state index contributed by atoms with van der Waals surface area (Å²) in [7, 11) is -3.46. The van der Waals surface area contributed by atoms with Gasteiger partial charge in [-0.25, -0.2) is 13.6 Å². The summed E-state index contributed by atoms with van der Waals surface area (Å²) in [6.45, 7) is 0.193. The minimum atomic E-state index is -3.46. The van der Waals surface area contributed by atoms with Crippen molar-refractivity contribution in [1.29, 1.82) is 0 Å². The highest BCUT2D eigenvalue weighted by molar-refractivity contribution is 7.89. The highest BCUT2D eigenvalue weighted by atomic mass is 35.5. The van der Waals surface area contributed by atoms with Crippen molar-refractivity contribution in [3.05, 3.63) is 28.2 Å². The van der Waals surface area contributed by atoms with Crippen molar-refractivity contribution in [3.8, 4) is 0 Å². The van der Waals surface area contributed by atoms with Crippen LogP contribution in [-0.4, -0.2) is 20.7 Å². The van der Waals surface area contributed by atoms with Crippen molar-refractivity contribution in [2.75, 3.05) is 17.6 Å². The minimum absolute atomic E-state index is 0.157. The van der Waals surface area contributed by atoms with Crippen LogP contribution in [0.4, 0.5) is 5.69 Å². The molecule has 0 fully saturated rings. The smallest absolute Gasteiger partial charge is 0.210 e. The van der Waals surface area contributed by atoms with Crippen LogP contribution in [0, 0.1) is 0 Å². The Morgan fingerprint density at radius 3 is 2.60 bits per heavy atom. The first kappa shape index (κ1) is 12.6. The normalized spacial score (nSPS) is 11.4. The maximum atomic E-state index is 10.7. The molecule has 0 bridgehead atoms. The molecular weight excluding hydrogens is 259 g/mol. The average molecular weight is 269 g/mol. The Balaban J connectivity index is 2.62. The van der Waals surface area contributed by atoms with Crippen LogP contribution in [0.15, 0.2) is 18.2 Å². The number of hydrogen-bond donors (Lipinski definition) is 2. The lowest BCUT2D eigenvalue weighted by atomic mass is 10.3. The van der Waals surface area contributed by atoms with Crippen LogP contribution in [-0.2, 0) is 10.0 Å².